The Kier molecular flexibility index (Phi) is 4.64. The van der Waals surface area contributed by atoms with E-state index in [-0.39, 0.29) is 0 Å². The molecular weight excluding hydrogens is 182 g/mol. The molecule has 0 aliphatic heterocycles. The Morgan fingerprint density at radius 2 is 1.87 bits per heavy atom. The number of nitrogens with zero attached hydrogens (tertiary/aromatic N) is 1. The third-order valence-electron chi connectivity index (χ3n) is 4.51. The maximum absolute atomic E-state index is 2.47. The Bertz CT molecular complexity index is 186. The summed E-state index contributed by atoms with van der Waals surface area (Å²) in [5.41, 5.74) is 0. The molecular formula is C14H30N+. The lowest BCUT2D eigenvalue weighted by molar-refractivity contribution is -0.901. The van der Waals surface area contributed by atoms with Gasteiger partial charge in [-0.05, 0) is 12.8 Å². The predicted octanol–water partition coefficient (Wildman–Crippen LogP) is 3.69. The summed E-state index contributed by atoms with van der Waals surface area (Å²) in [5, 5.41) is 0. The lowest BCUT2D eigenvalue weighted by Gasteiger charge is -2.29. The molecule has 1 heteroatoms. The Morgan fingerprint density at radius 3 is 2.40 bits per heavy atom. The first-order valence-corrected chi connectivity index (χ1v) is 6.85. The van der Waals surface area contributed by atoms with Crippen LogP contribution in [0.3, 0.4) is 0 Å². The van der Waals surface area contributed by atoms with Crippen molar-refractivity contribution in [2.75, 3.05) is 20.6 Å². The highest BCUT2D eigenvalue weighted by Gasteiger charge is 2.50. The summed E-state index contributed by atoms with van der Waals surface area (Å²) < 4.78 is 1.24. The van der Waals surface area contributed by atoms with E-state index in [2.05, 4.69) is 34.9 Å². The van der Waals surface area contributed by atoms with E-state index in [1.165, 1.54) is 43.1 Å². The van der Waals surface area contributed by atoms with E-state index in [0.717, 1.165) is 17.9 Å². The second-order valence-corrected chi connectivity index (χ2v) is 6.03. The first-order valence-electron chi connectivity index (χ1n) is 6.85. The number of rotatable bonds is 7. The molecule has 1 saturated carbocycles. The Labute approximate surface area is 96.4 Å². The third-order valence-corrected chi connectivity index (χ3v) is 4.51. The highest BCUT2D eigenvalue weighted by atomic mass is 15.4. The van der Waals surface area contributed by atoms with E-state index in [9.17, 15) is 0 Å². The van der Waals surface area contributed by atoms with Crippen LogP contribution in [0.25, 0.3) is 0 Å². The van der Waals surface area contributed by atoms with Gasteiger partial charge in [-0.15, -0.1) is 0 Å². The molecule has 1 aliphatic carbocycles. The van der Waals surface area contributed by atoms with Crippen molar-refractivity contribution in [1.82, 2.24) is 0 Å². The highest BCUT2D eigenvalue weighted by molar-refractivity contribution is 4.91. The zero-order valence-electron chi connectivity index (χ0n) is 11.4. The van der Waals surface area contributed by atoms with Crippen molar-refractivity contribution in [2.24, 2.45) is 11.8 Å². The van der Waals surface area contributed by atoms with Gasteiger partial charge in [0.05, 0.1) is 26.7 Å². The van der Waals surface area contributed by atoms with Gasteiger partial charge >= 0.3 is 0 Å². The van der Waals surface area contributed by atoms with E-state index < -0.39 is 0 Å². The minimum absolute atomic E-state index is 0.963. The minimum atomic E-state index is 0.963. The van der Waals surface area contributed by atoms with Crippen molar-refractivity contribution in [3.63, 3.8) is 0 Å². The first-order chi connectivity index (χ1) is 7.03. The van der Waals surface area contributed by atoms with Crippen LogP contribution in [-0.2, 0) is 0 Å². The highest BCUT2D eigenvalue weighted by Crippen LogP contribution is 2.45. The van der Waals surface area contributed by atoms with Gasteiger partial charge in [0, 0.05) is 12.3 Å². The van der Waals surface area contributed by atoms with Crippen LogP contribution in [0, 0.1) is 11.8 Å². The quantitative estimate of drug-likeness (QED) is 0.446. The summed E-state index contributed by atoms with van der Waals surface area (Å²) in [7, 11) is 4.78. The molecule has 3 unspecified atom stereocenters. The van der Waals surface area contributed by atoms with Gasteiger partial charge < -0.3 is 4.48 Å². The number of unbranched alkanes of at least 4 members (excludes halogenated alkanes) is 2. The van der Waals surface area contributed by atoms with Crippen LogP contribution in [0.15, 0.2) is 0 Å². The van der Waals surface area contributed by atoms with Crippen LogP contribution < -0.4 is 0 Å². The molecule has 1 fully saturated rings. The van der Waals surface area contributed by atoms with E-state index in [0.29, 0.717) is 0 Å². The lowest BCUT2D eigenvalue weighted by Crippen LogP contribution is -2.42. The molecule has 1 nitrogen and oxygen atoms in total. The number of hydrogen-bond acceptors (Lipinski definition) is 0. The molecule has 1 rings (SSSR count). The molecule has 0 radical (unpaired) electrons. The third kappa shape index (κ3) is 3.48. The van der Waals surface area contributed by atoms with Gasteiger partial charge in [0.1, 0.15) is 0 Å². The molecule has 0 amide bonds. The van der Waals surface area contributed by atoms with E-state index in [1.807, 2.05) is 0 Å². The van der Waals surface area contributed by atoms with Crippen molar-refractivity contribution in [3.8, 4) is 0 Å². The average Bonchev–Trinajstić information content (AvgIpc) is 2.98. The van der Waals surface area contributed by atoms with Gasteiger partial charge in [-0.2, -0.15) is 0 Å². The van der Waals surface area contributed by atoms with Gasteiger partial charge in [0.2, 0.25) is 0 Å². The molecule has 0 aromatic carbocycles. The molecule has 90 valence electrons. The predicted molar refractivity (Wildman–Crippen MR) is 67.9 cm³/mol. The number of hydrogen-bond donors (Lipinski definition) is 0. The maximum atomic E-state index is 2.47. The second kappa shape index (κ2) is 5.34. The molecule has 3 atom stereocenters. The van der Waals surface area contributed by atoms with Gasteiger partial charge in [-0.25, -0.2) is 0 Å². The van der Waals surface area contributed by atoms with Crippen molar-refractivity contribution in [1.29, 1.82) is 0 Å². The second-order valence-electron chi connectivity index (χ2n) is 6.03. The van der Waals surface area contributed by atoms with E-state index >= 15 is 0 Å². The summed E-state index contributed by atoms with van der Waals surface area (Å²) in [6.07, 6.45) is 7.17. The summed E-state index contributed by atoms with van der Waals surface area (Å²) in [6.45, 7) is 8.36. The lowest BCUT2D eigenvalue weighted by atomic mass is 9.98. The van der Waals surface area contributed by atoms with Crippen molar-refractivity contribution >= 4 is 0 Å². The SMILES string of the molecule is CCCCCC(C)C1CC1[N+](C)(C)CC. The average molecular weight is 212 g/mol. The fourth-order valence-electron chi connectivity index (χ4n) is 2.78. The Hall–Kier alpha value is -0.0400. The molecule has 0 aromatic rings. The Morgan fingerprint density at radius 1 is 1.20 bits per heavy atom. The van der Waals surface area contributed by atoms with Crippen molar-refractivity contribution in [2.45, 2.75) is 58.9 Å². The topological polar surface area (TPSA) is 0 Å². The first kappa shape index (κ1) is 13.0. The molecule has 0 bridgehead atoms. The zero-order valence-corrected chi connectivity index (χ0v) is 11.4. The summed E-state index contributed by atoms with van der Waals surface area (Å²) in [5.74, 6) is 1.99. The molecule has 0 aromatic heterocycles. The van der Waals surface area contributed by atoms with Crippen LogP contribution in [-0.4, -0.2) is 31.2 Å². The molecule has 0 saturated heterocycles. The van der Waals surface area contributed by atoms with Gasteiger partial charge in [-0.1, -0.05) is 39.5 Å². The summed E-state index contributed by atoms with van der Waals surface area (Å²) in [4.78, 5) is 0. The monoisotopic (exact) mass is 212 g/mol. The van der Waals surface area contributed by atoms with Crippen LogP contribution in [0.5, 0.6) is 0 Å². The minimum Gasteiger partial charge on any atom is -0.326 e. The van der Waals surface area contributed by atoms with Crippen LogP contribution in [0.2, 0.25) is 0 Å². The van der Waals surface area contributed by atoms with Crippen LogP contribution >= 0.6 is 0 Å². The number of quaternary nitrogens is 1. The van der Waals surface area contributed by atoms with Crippen LogP contribution in [0.4, 0.5) is 0 Å². The maximum Gasteiger partial charge on any atom is 0.0924 e. The fraction of sp³-hybridized carbons (Fsp3) is 1.00. The Balaban J connectivity index is 2.24. The van der Waals surface area contributed by atoms with Gasteiger partial charge in [-0.3, -0.25) is 0 Å². The fourth-order valence-corrected chi connectivity index (χ4v) is 2.78. The summed E-state index contributed by atoms with van der Waals surface area (Å²) >= 11 is 0. The molecule has 0 heterocycles. The molecule has 15 heavy (non-hydrogen) atoms. The smallest absolute Gasteiger partial charge is 0.0924 e. The van der Waals surface area contributed by atoms with Crippen LogP contribution in [0.1, 0.15) is 52.9 Å². The van der Waals surface area contributed by atoms with E-state index in [1.54, 1.807) is 0 Å². The summed E-state index contributed by atoms with van der Waals surface area (Å²) in [6, 6.07) is 0.964. The van der Waals surface area contributed by atoms with Crippen molar-refractivity contribution in [3.05, 3.63) is 0 Å². The largest absolute Gasteiger partial charge is 0.326 e. The van der Waals surface area contributed by atoms with Gasteiger partial charge in [0.25, 0.3) is 0 Å². The van der Waals surface area contributed by atoms with Gasteiger partial charge in [0.15, 0.2) is 0 Å². The normalized spacial score (nSPS) is 27.8. The van der Waals surface area contributed by atoms with Crippen molar-refractivity contribution < 1.29 is 4.48 Å². The van der Waals surface area contributed by atoms with E-state index in [4.69, 9.17) is 0 Å². The molecule has 0 spiro atoms. The molecule has 0 N–H and O–H groups in total. The molecule has 1 aliphatic rings. The zero-order chi connectivity index (χ0) is 11.5. The standard InChI is InChI=1S/C14H30N/c1-6-8-9-10-12(3)13-11-14(13)15(4,5)7-2/h12-14H,6-11H2,1-5H3/q+1.